The molecule has 3 aromatic rings. The number of ether oxygens (including phenoxy) is 1. The number of amides is 1. The average Bonchev–Trinajstić information content (AvgIpc) is 3.45. The molecule has 2 saturated heterocycles. The van der Waals surface area contributed by atoms with E-state index in [4.69, 9.17) is 4.74 Å². The summed E-state index contributed by atoms with van der Waals surface area (Å²) < 4.78 is 20.2. The van der Waals surface area contributed by atoms with Gasteiger partial charge in [0.25, 0.3) is 5.91 Å². The maximum Gasteiger partial charge on any atom is 0.255 e. The molecule has 180 valence electrons. The Morgan fingerprint density at radius 1 is 1.26 bits per heavy atom. The lowest BCUT2D eigenvalue weighted by Gasteiger charge is -2.45. The van der Waals surface area contributed by atoms with Gasteiger partial charge in [0.05, 0.1) is 28.9 Å². The zero-order chi connectivity index (χ0) is 24.0. The summed E-state index contributed by atoms with van der Waals surface area (Å²) in [6.07, 6.45) is 1.09. The first-order valence-electron chi connectivity index (χ1n) is 11.8. The van der Waals surface area contributed by atoms with Gasteiger partial charge in [-0.2, -0.15) is 5.10 Å². The van der Waals surface area contributed by atoms with E-state index in [2.05, 4.69) is 33.9 Å². The molecule has 34 heavy (non-hydrogen) atoms. The summed E-state index contributed by atoms with van der Waals surface area (Å²) in [7, 11) is 0. The van der Waals surface area contributed by atoms with Crippen LogP contribution in [0.1, 0.15) is 36.3 Å². The number of H-pyrrole nitrogens is 1. The molecule has 1 unspecified atom stereocenters. The first-order valence-corrected chi connectivity index (χ1v) is 11.8. The van der Waals surface area contributed by atoms with Gasteiger partial charge in [-0.05, 0) is 51.3 Å². The molecule has 2 aliphatic rings. The van der Waals surface area contributed by atoms with Crippen molar-refractivity contribution in [3.63, 3.8) is 0 Å². The van der Waals surface area contributed by atoms with Gasteiger partial charge in [-0.3, -0.25) is 14.8 Å². The molecule has 5 rings (SSSR count). The number of phenolic OH excluding ortho intramolecular Hbond substituents is 1. The molecule has 2 aromatic heterocycles. The molecular weight excluding hydrogens is 437 g/mol. The lowest BCUT2D eigenvalue weighted by atomic mass is 10.0. The van der Waals surface area contributed by atoms with Crippen molar-refractivity contribution in [2.24, 2.45) is 5.92 Å². The van der Waals surface area contributed by atoms with E-state index in [1.54, 1.807) is 6.07 Å². The number of nitrogens with zero attached hydrogens (tertiary/aromatic N) is 4. The van der Waals surface area contributed by atoms with E-state index in [0.717, 1.165) is 38.8 Å². The zero-order valence-electron chi connectivity index (χ0n) is 19.7. The van der Waals surface area contributed by atoms with Crippen molar-refractivity contribution in [3.8, 4) is 17.0 Å². The number of benzene rings is 1. The number of halogens is 1. The second-order valence-electron chi connectivity index (χ2n) is 9.59. The smallest absolute Gasteiger partial charge is 0.255 e. The molecule has 2 N–H and O–H groups in total. The van der Waals surface area contributed by atoms with Crippen LogP contribution in [0.3, 0.4) is 0 Å². The van der Waals surface area contributed by atoms with E-state index in [1.165, 1.54) is 12.1 Å². The molecule has 0 aliphatic carbocycles. The Labute approximate surface area is 197 Å². The van der Waals surface area contributed by atoms with Gasteiger partial charge < -0.3 is 14.7 Å². The van der Waals surface area contributed by atoms with E-state index in [0.29, 0.717) is 40.4 Å². The topological polar surface area (TPSA) is 94.6 Å². The van der Waals surface area contributed by atoms with Gasteiger partial charge >= 0.3 is 0 Å². The van der Waals surface area contributed by atoms with Gasteiger partial charge in [0.1, 0.15) is 11.6 Å². The number of aryl methyl sites for hydroxylation is 1. The lowest BCUT2D eigenvalue weighted by molar-refractivity contribution is 0.0258. The van der Waals surface area contributed by atoms with E-state index < -0.39 is 5.82 Å². The number of hydrogen-bond acceptors (Lipinski definition) is 6. The van der Waals surface area contributed by atoms with Crippen LogP contribution >= 0.6 is 0 Å². The molecule has 4 heterocycles. The molecule has 2 aliphatic heterocycles. The summed E-state index contributed by atoms with van der Waals surface area (Å²) in [4.78, 5) is 22.8. The average molecular weight is 468 g/mol. The molecule has 1 amide bonds. The normalized spacial score (nSPS) is 23.6. The molecule has 0 spiro atoms. The summed E-state index contributed by atoms with van der Waals surface area (Å²) in [5, 5.41) is 17.4. The van der Waals surface area contributed by atoms with Gasteiger partial charge in [0.2, 0.25) is 0 Å². The van der Waals surface area contributed by atoms with Gasteiger partial charge in [-0.25, -0.2) is 9.37 Å². The predicted molar refractivity (Wildman–Crippen MR) is 126 cm³/mol. The number of pyridine rings is 1. The number of piperazine rings is 1. The molecule has 0 bridgehead atoms. The Morgan fingerprint density at radius 3 is 2.82 bits per heavy atom. The van der Waals surface area contributed by atoms with Crippen LogP contribution in [0.2, 0.25) is 0 Å². The second kappa shape index (κ2) is 8.96. The first-order chi connectivity index (χ1) is 16.3. The molecule has 3 atom stereocenters. The van der Waals surface area contributed by atoms with Crippen molar-refractivity contribution in [1.29, 1.82) is 0 Å². The van der Waals surface area contributed by atoms with Crippen LogP contribution < -0.4 is 0 Å². The highest BCUT2D eigenvalue weighted by molar-refractivity contribution is 6.07. The third-order valence-electron chi connectivity index (χ3n) is 7.06. The maximum atomic E-state index is 14.6. The number of carbonyl (C=O) groups excluding carboxylic acids is 1. The fourth-order valence-electron chi connectivity index (χ4n) is 5.15. The Kier molecular flexibility index (Phi) is 5.99. The Morgan fingerprint density at radius 2 is 2.09 bits per heavy atom. The Balaban J connectivity index is 1.47. The van der Waals surface area contributed by atoms with Crippen LogP contribution in [0.25, 0.3) is 22.3 Å². The summed E-state index contributed by atoms with van der Waals surface area (Å²) in [5.74, 6) is -0.331. The Bertz CT molecular complexity index is 1220. The zero-order valence-corrected chi connectivity index (χ0v) is 19.7. The number of rotatable bonds is 4. The predicted octanol–water partition coefficient (Wildman–Crippen LogP) is 3.35. The van der Waals surface area contributed by atoms with Gasteiger partial charge in [-0.1, -0.05) is 0 Å². The SMILES string of the molecule is Cc1n[nH]c2nc(-c3ccc(O)cc3F)cc(C(=O)N3C[C@@H](C)N(CC4CCOC4)C[C@@H]3C)c12. The minimum Gasteiger partial charge on any atom is -0.508 e. The maximum absolute atomic E-state index is 14.6. The monoisotopic (exact) mass is 467 g/mol. The third-order valence-corrected chi connectivity index (χ3v) is 7.06. The number of aromatic amines is 1. The van der Waals surface area contributed by atoms with Crippen LogP contribution in [0.5, 0.6) is 5.75 Å². The van der Waals surface area contributed by atoms with E-state index in [1.807, 2.05) is 11.8 Å². The number of phenols is 1. The first kappa shape index (κ1) is 22.7. The largest absolute Gasteiger partial charge is 0.508 e. The summed E-state index contributed by atoms with van der Waals surface area (Å²) in [6, 6.07) is 5.80. The standard InChI is InChI=1S/C25H30FN5O3/c1-14-11-31(15(2)10-30(14)12-17-6-7-34-13-17)25(33)20-9-22(19-5-4-18(32)8-21(19)26)27-24-23(20)16(3)28-29-24/h4-5,8-9,14-15,17,32H,6-7,10-13H2,1-3H3,(H,27,28,29)/t14-,15+,17?/m1/s1. The summed E-state index contributed by atoms with van der Waals surface area (Å²) in [5.41, 5.74) is 2.09. The fourth-order valence-corrected chi connectivity index (χ4v) is 5.15. The number of hydrogen-bond donors (Lipinski definition) is 2. The lowest BCUT2D eigenvalue weighted by Crippen LogP contribution is -2.58. The van der Waals surface area contributed by atoms with Crippen molar-refractivity contribution in [2.75, 3.05) is 32.8 Å². The van der Waals surface area contributed by atoms with E-state index in [-0.39, 0.29) is 29.3 Å². The van der Waals surface area contributed by atoms with Gasteiger partial charge in [0.15, 0.2) is 5.65 Å². The summed E-state index contributed by atoms with van der Waals surface area (Å²) in [6.45, 7) is 10.1. The molecule has 8 nitrogen and oxygen atoms in total. The van der Waals surface area contributed by atoms with Crippen LogP contribution in [0, 0.1) is 18.7 Å². The molecule has 0 saturated carbocycles. The number of aromatic hydroxyl groups is 1. The van der Waals surface area contributed by atoms with Crippen LogP contribution in [-0.4, -0.2) is 80.9 Å². The minimum absolute atomic E-state index is 0.0234. The molecule has 0 radical (unpaired) electrons. The molecule has 1 aromatic carbocycles. The number of fused-ring (bicyclic) bond motifs is 1. The van der Waals surface area contributed by atoms with Gasteiger partial charge in [0, 0.05) is 50.0 Å². The minimum atomic E-state index is -0.604. The van der Waals surface area contributed by atoms with E-state index >= 15 is 0 Å². The van der Waals surface area contributed by atoms with Crippen molar-refractivity contribution in [3.05, 3.63) is 41.3 Å². The summed E-state index contributed by atoms with van der Waals surface area (Å²) >= 11 is 0. The van der Waals surface area contributed by atoms with Crippen LogP contribution in [0.4, 0.5) is 4.39 Å². The quantitative estimate of drug-likeness (QED) is 0.611. The molecule has 9 heteroatoms. The van der Waals surface area contributed by atoms with Crippen molar-refractivity contribution in [1.82, 2.24) is 25.0 Å². The van der Waals surface area contributed by atoms with Crippen molar-refractivity contribution < 1.29 is 19.0 Å². The van der Waals surface area contributed by atoms with E-state index in [9.17, 15) is 14.3 Å². The number of aromatic nitrogens is 3. The second-order valence-corrected chi connectivity index (χ2v) is 9.59. The van der Waals surface area contributed by atoms with Crippen LogP contribution in [-0.2, 0) is 4.74 Å². The third kappa shape index (κ3) is 4.14. The highest BCUT2D eigenvalue weighted by Gasteiger charge is 2.35. The van der Waals surface area contributed by atoms with Crippen molar-refractivity contribution >= 4 is 16.9 Å². The highest BCUT2D eigenvalue weighted by atomic mass is 19.1. The van der Waals surface area contributed by atoms with Crippen molar-refractivity contribution in [2.45, 2.75) is 39.3 Å². The molecular formula is C25H30FN5O3. The van der Waals surface area contributed by atoms with Crippen LogP contribution in [0.15, 0.2) is 24.3 Å². The number of carbonyl (C=O) groups is 1. The number of nitrogens with one attached hydrogen (secondary N) is 1. The molecule has 2 fully saturated rings. The van der Waals surface area contributed by atoms with Gasteiger partial charge in [-0.15, -0.1) is 0 Å². The fraction of sp³-hybridized carbons (Fsp3) is 0.480. The highest BCUT2D eigenvalue weighted by Crippen LogP contribution is 2.31. The Hall–Kier alpha value is -3.04.